The van der Waals surface area contributed by atoms with Gasteiger partial charge in [0.15, 0.2) is 11.5 Å². The molecule has 1 aromatic carbocycles. The fourth-order valence-electron chi connectivity index (χ4n) is 1.97. The number of hydrogen-bond acceptors (Lipinski definition) is 7. The molecule has 1 unspecified atom stereocenters. The van der Waals surface area contributed by atoms with Crippen LogP contribution in [0.3, 0.4) is 0 Å². The number of benzene rings is 1. The predicted molar refractivity (Wildman–Crippen MR) is 74.0 cm³/mol. The molecule has 0 saturated carbocycles. The zero-order valence-electron chi connectivity index (χ0n) is 10.9. The van der Waals surface area contributed by atoms with Gasteiger partial charge in [0.2, 0.25) is 5.82 Å². The Morgan fingerprint density at radius 1 is 1.45 bits per heavy atom. The third kappa shape index (κ3) is 2.46. The summed E-state index contributed by atoms with van der Waals surface area (Å²) in [5.74, 6) is 2.92. The van der Waals surface area contributed by atoms with Crippen LogP contribution in [-0.4, -0.2) is 40.5 Å². The molecule has 1 N–H and O–H groups in total. The highest BCUT2D eigenvalue weighted by Gasteiger charge is 2.23. The molecule has 1 saturated heterocycles. The van der Waals surface area contributed by atoms with Gasteiger partial charge in [-0.25, -0.2) is 0 Å². The first kappa shape index (κ1) is 13.3. The Kier molecular flexibility index (Phi) is 3.79. The molecule has 1 aliphatic rings. The Hall–Kier alpha value is -1.73. The Balaban J connectivity index is 1.90. The molecule has 0 spiro atoms. The highest BCUT2D eigenvalue weighted by atomic mass is 32.2. The Labute approximate surface area is 120 Å². The van der Waals surface area contributed by atoms with Crippen LogP contribution < -0.4 is 4.74 Å². The molecule has 1 aliphatic heterocycles. The van der Waals surface area contributed by atoms with Gasteiger partial charge in [-0.2, -0.15) is 16.7 Å². The van der Waals surface area contributed by atoms with E-state index in [-0.39, 0.29) is 17.7 Å². The smallest absolute Gasteiger partial charge is 0.261 e. The lowest BCUT2D eigenvalue weighted by molar-refractivity contribution is 0.0677. The predicted octanol–water partition coefficient (Wildman–Crippen LogP) is 2.26. The van der Waals surface area contributed by atoms with E-state index in [1.807, 2.05) is 0 Å². The Morgan fingerprint density at radius 3 is 3.10 bits per heavy atom. The van der Waals surface area contributed by atoms with Crippen LogP contribution in [0.1, 0.15) is 11.9 Å². The van der Waals surface area contributed by atoms with Crippen LogP contribution >= 0.6 is 11.8 Å². The Bertz CT molecular complexity index is 596. The second kappa shape index (κ2) is 5.72. The van der Waals surface area contributed by atoms with E-state index in [0.717, 1.165) is 11.5 Å². The molecule has 2 heterocycles. The zero-order valence-corrected chi connectivity index (χ0v) is 11.7. The normalized spacial score (nSPS) is 18.9. The van der Waals surface area contributed by atoms with Crippen molar-refractivity contribution in [3.05, 3.63) is 24.0 Å². The van der Waals surface area contributed by atoms with Crippen molar-refractivity contribution < 1.29 is 19.1 Å². The number of phenolic OH excluding ortho intramolecular Hbond substituents is 1. The highest BCUT2D eigenvalue weighted by molar-refractivity contribution is 7.99. The number of aromatic nitrogens is 2. The average Bonchev–Trinajstić information content (AvgIpc) is 2.98. The number of methoxy groups -OCH3 is 1. The van der Waals surface area contributed by atoms with Crippen LogP contribution in [0.15, 0.2) is 22.7 Å². The van der Waals surface area contributed by atoms with E-state index >= 15 is 0 Å². The van der Waals surface area contributed by atoms with Gasteiger partial charge in [-0.1, -0.05) is 11.2 Å². The van der Waals surface area contributed by atoms with Crippen molar-refractivity contribution in [3.8, 4) is 23.0 Å². The van der Waals surface area contributed by atoms with Crippen molar-refractivity contribution in [2.75, 3.05) is 25.2 Å². The summed E-state index contributed by atoms with van der Waals surface area (Å²) in [4.78, 5) is 4.31. The van der Waals surface area contributed by atoms with Crippen LogP contribution in [0.4, 0.5) is 0 Å². The number of nitrogens with zero attached hydrogens (tertiary/aromatic N) is 2. The molecule has 1 aromatic heterocycles. The number of ether oxygens (including phenoxy) is 2. The van der Waals surface area contributed by atoms with E-state index in [0.29, 0.717) is 23.7 Å². The third-order valence-corrected chi connectivity index (χ3v) is 3.99. The van der Waals surface area contributed by atoms with E-state index in [1.165, 1.54) is 7.11 Å². The van der Waals surface area contributed by atoms with Crippen molar-refractivity contribution in [1.29, 1.82) is 0 Å². The minimum absolute atomic E-state index is 0.0101. The van der Waals surface area contributed by atoms with E-state index in [4.69, 9.17) is 14.0 Å². The molecule has 106 valence electrons. The molecule has 1 fully saturated rings. The first-order valence-electron chi connectivity index (χ1n) is 6.19. The first-order valence-corrected chi connectivity index (χ1v) is 7.34. The van der Waals surface area contributed by atoms with Crippen molar-refractivity contribution in [2.24, 2.45) is 0 Å². The van der Waals surface area contributed by atoms with Gasteiger partial charge in [0.25, 0.3) is 5.89 Å². The summed E-state index contributed by atoms with van der Waals surface area (Å²) in [5.41, 5.74) is 0.451. The molecule has 1 atom stereocenters. The van der Waals surface area contributed by atoms with E-state index in [2.05, 4.69) is 10.1 Å². The molecular formula is C13H14N2O4S. The van der Waals surface area contributed by atoms with Crippen LogP contribution in [0.25, 0.3) is 11.5 Å². The van der Waals surface area contributed by atoms with Crippen LogP contribution in [-0.2, 0) is 4.74 Å². The quantitative estimate of drug-likeness (QED) is 0.930. The summed E-state index contributed by atoms with van der Waals surface area (Å²) in [6, 6.07) is 5.12. The number of aromatic hydroxyl groups is 1. The van der Waals surface area contributed by atoms with Gasteiger partial charge in [-0.3, -0.25) is 0 Å². The summed E-state index contributed by atoms with van der Waals surface area (Å²) >= 11 is 1.80. The molecule has 0 bridgehead atoms. The average molecular weight is 294 g/mol. The van der Waals surface area contributed by atoms with Gasteiger partial charge in [0, 0.05) is 11.5 Å². The lowest BCUT2D eigenvalue weighted by atomic mass is 10.2. The fourth-order valence-corrected chi connectivity index (χ4v) is 2.81. The number of para-hydroxylation sites is 1. The third-order valence-electron chi connectivity index (χ3n) is 2.99. The Morgan fingerprint density at radius 2 is 2.35 bits per heavy atom. The fraction of sp³-hybridized carbons (Fsp3) is 0.385. The molecule has 0 amide bonds. The first-order chi connectivity index (χ1) is 9.79. The summed E-state index contributed by atoms with van der Waals surface area (Å²) in [6.07, 6.45) is -0.154. The SMILES string of the molecule is COc1cccc(-c2nc(C3CSCCO3)no2)c1O. The summed E-state index contributed by atoms with van der Waals surface area (Å²) in [6.45, 7) is 0.684. The summed E-state index contributed by atoms with van der Waals surface area (Å²) < 4.78 is 15.9. The zero-order chi connectivity index (χ0) is 13.9. The van der Waals surface area contributed by atoms with Crippen LogP contribution in [0.5, 0.6) is 11.5 Å². The maximum atomic E-state index is 10.1. The van der Waals surface area contributed by atoms with Crippen molar-refractivity contribution >= 4 is 11.8 Å². The molecule has 20 heavy (non-hydrogen) atoms. The van der Waals surface area contributed by atoms with Crippen molar-refractivity contribution in [1.82, 2.24) is 10.1 Å². The largest absolute Gasteiger partial charge is 0.504 e. The maximum Gasteiger partial charge on any atom is 0.261 e. The van der Waals surface area contributed by atoms with E-state index in [9.17, 15) is 5.11 Å². The lowest BCUT2D eigenvalue weighted by Gasteiger charge is -2.18. The van der Waals surface area contributed by atoms with Gasteiger partial charge < -0.3 is 19.1 Å². The molecule has 0 aliphatic carbocycles. The summed E-state index contributed by atoms with van der Waals surface area (Å²) in [7, 11) is 1.49. The number of rotatable bonds is 3. The van der Waals surface area contributed by atoms with Crippen molar-refractivity contribution in [3.63, 3.8) is 0 Å². The number of phenols is 1. The molecule has 0 radical (unpaired) electrons. The lowest BCUT2D eigenvalue weighted by Crippen LogP contribution is -2.16. The molecule has 6 nitrogen and oxygen atoms in total. The van der Waals surface area contributed by atoms with Gasteiger partial charge in [0.1, 0.15) is 6.10 Å². The van der Waals surface area contributed by atoms with Crippen molar-refractivity contribution in [2.45, 2.75) is 6.10 Å². The van der Waals surface area contributed by atoms with E-state index < -0.39 is 0 Å². The van der Waals surface area contributed by atoms with E-state index in [1.54, 1.807) is 30.0 Å². The molecule has 2 aromatic rings. The molecular weight excluding hydrogens is 280 g/mol. The molecule has 7 heteroatoms. The van der Waals surface area contributed by atoms with Gasteiger partial charge >= 0.3 is 0 Å². The minimum atomic E-state index is -0.154. The van der Waals surface area contributed by atoms with Crippen LogP contribution in [0, 0.1) is 0 Å². The van der Waals surface area contributed by atoms with Gasteiger partial charge in [-0.05, 0) is 12.1 Å². The topological polar surface area (TPSA) is 77.6 Å². The monoisotopic (exact) mass is 294 g/mol. The molecule has 3 rings (SSSR count). The second-order valence-corrected chi connectivity index (χ2v) is 5.40. The highest BCUT2D eigenvalue weighted by Crippen LogP contribution is 2.36. The van der Waals surface area contributed by atoms with Crippen LogP contribution in [0.2, 0.25) is 0 Å². The number of hydrogen-bond donors (Lipinski definition) is 1. The number of thioether (sulfide) groups is 1. The second-order valence-electron chi connectivity index (χ2n) is 4.25. The standard InChI is InChI=1S/C13H14N2O4S/c1-17-9-4-2-3-8(11(9)16)13-14-12(15-19-13)10-7-20-6-5-18-10/h2-4,10,16H,5-7H2,1H3. The minimum Gasteiger partial charge on any atom is -0.504 e. The van der Waals surface area contributed by atoms with Gasteiger partial charge in [-0.15, -0.1) is 0 Å². The maximum absolute atomic E-state index is 10.1. The summed E-state index contributed by atoms with van der Waals surface area (Å²) in [5, 5.41) is 14.0. The van der Waals surface area contributed by atoms with Gasteiger partial charge in [0.05, 0.1) is 19.3 Å².